The summed E-state index contributed by atoms with van der Waals surface area (Å²) in [6.45, 7) is 11.3. The molecular formula is C17H29N3. The van der Waals surface area contributed by atoms with Gasteiger partial charge in [0, 0.05) is 43.3 Å². The van der Waals surface area contributed by atoms with Crippen molar-refractivity contribution in [2.45, 2.75) is 46.6 Å². The van der Waals surface area contributed by atoms with E-state index >= 15 is 0 Å². The fourth-order valence-electron chi connectivity index (χ4n) is 3.07. The minimum Gasteiger partial charge on any atom is -0.371 e. The van der Waals surface area contributed by atoms with Crippen LogP contribution in [0.2, 0.25) is 0 Å². The predicted molar refractivity (Wildman–Crippen MR) is 86.0 cm³/mol. The van der Waals surface area contributed by atoms with E-state index in [2.05, 4.69) is 42.0 Å². The number of pyridine rings is 1. The summed E-state index contributed by atoms with van der Waals surface area (Å²) in [6.07, 6.45) is 7.76. The van der Waals surface area contributed by atoms with E-state index in [1.165, 1.54) is 43.6 Å². The molecule has 0 atom stereocenters. The fraction of sp³-hybridized carbons (Fsp3) is 0.706. The molecular weight excluding hydrogens is 246 g/mol. The van der Waals surface area contributed by atoms with Crippen LogP contribution in [0.15, 0.2) is 18.5 Å². The molecule has 0 amide bonds. The van der Waals surface area contributed by atoms with Gasteiger partial charge < -0.3 is 10.2 Å². The minimum atomic E-state index is 0.820. The van der Waals surface area contributed by atoms with Crippen molar-refractivity contribution in [3.8, 4) is 0 Å². The average Bonchev–Trinajstić information content (AvgIpc) is 2.48. The first-order chi connectivity index (χ1) is 9.72. The Morgan fingerprint density at radius 3 is 2.75 bits per heavy atom. The summed E-state index contributed by atoms with van der Waals surface area (Å²) in [5.74, 6) is 1.72. The van der Waals surface area contributed by atoms with E-state index in [0.29, 0.717) is 0 Å². The number of aromatic nitrogens is 1. The number of nitrogens with one attached hydrogen (secondary N) is 1. The summed E-state index contributed by atoms with van der Waals surface area (Å²) in [7, 11) is 0. The SMILES string of the molecule is CCCNCc1cnccc1N1CCC(C(C)C)CC1. The first kappa shape index (κ1) is 15.3. The van der Waals surface area contributed by atoms with Gasteiger partial charge in [-0.1, -0.05) is 20.8 Å². The van der Waals surface area contributed by atoms with Crippen molar-refractivity contribution < 1.29 is 0 Å². The Balaban J connectivity index is 1.98. The maximum atomic E-state index is 4.30. The molecule has 0 radical (unpaired) electrons. The number of hydrogen-bond acceptors (Lipinski definition) is 3. The Morgan fingerprint density at radius 1 is 1.35 bits per heavy atom. The minimum absolute atomic E-state index is 0.820. The van der Waals surface area contributed by atoms with Gasteiger partial charge in [0.2, 0.25) is 0 Å². The van der Waals surface area contributed by atoms with E-state index in [0.717, 1.165) is 24.9 Å². The van der Waals surface area contributed by atoms with Crippen molar-refractivity contribution in [3.63, 3.8) is 0 Å². The van der Waals surface area contributed by atoms with Gasteiger partial charge in [0.1, 0.15) is 0 Å². The van der Waals surface area contributed by atoms with Gasteiger partial charge in [-0.3, -0.25) is 4.98 Å². The van der Waals surface area contributed by atoms with Crippen molar-refractivity contribution >= 4 is 5.69 Å². The number of rotatable bonds is 6. The molecule has 2 heterocycles. The molecule has 0 spiro atoms. The van der Waals surface area contributed by atoms with Crippen LogP contribution in [0.1, 0.15) is 45.6 Å². The van der Waals surface area contributed by atoms with E-state index in [1.807, 2.05) is 12.4 Å². The molecule has 2 rings (SSSR count). The third-order valence-electron chi connectivity index (χ3n) is 4.44. The molecule has 0 bridgehead atoms. The summed E-state index contributed by atoms with van der Waals surface area (Å²) in [6, 6.07) is 2.18. The van der Waals surface area contributed by atoms with Crippen molar-refractivity contribution in [3.05, 3.63) is 24.0 Å². The Bertz CT molecular complexity index is 395. The molecule has 112 valence electrons. The third-order valence-corrected chi connectivity index (χ3v) is 4.44. The van der Waals surface area contributed by atoms with E-state index in [4.69, 9.17) is 0 Å². The second kappa shape index (κ2) is 7.63. The zero-order valence-corrected chi connectivity index (χ0v) is 13.2. The van der Waals surface area contributed by atoms with E-state index in [9.17, 15) is 0 Å². The van der Waals surface area contributed by atoms with E-state index in [1.54, 1.807) is 0 Å². The third kappa shape index (κ3) is 3.95. The quantitative estimate of drug-likeness (QED) is 0.806. The Labute approximate surface area is 123 Å². The van der Waals surface area contributed by atoms with Crippen molar-refractivity contribution in [2.75, 3.05) is 24.5 Å². The monoisotopic (exact) mass is 275 g/mol. The lowest BCUT2D eigenvalue weighted by Crippen LogP contribution is -2.36. The van der Waals surface area contributed by atoms with Crippen LogP contribution in [0.3, 0.4) is 0 Å². The van der Waals surface area contributed by atoms with Crippen LogP contribution in [0.5, 0.6) is 0 Å². The topological polar surface area (TPSA) is 28.2 Å². The number of piperidine rings is 1. The summed E-state index contributed by atoms with van der Waals surface area (Å²) < 4.78 is 0. The van der Waals surface area contributed by atoms with Crippen molar-refractivity contribution in [1.82, 2.24) is 10.3 Å². The van der Waals surface area contributed by atoms with Crippen molar-refractivity contribution in [1.29, 1.82) is 0 Å². The zero-order valence-electron chi connectivity index (χ0n) is 13.2. The summed E-state index contributed by atoms with van der Waals surface area (Å²) in [4.78, 5) is 6.84. The average molecular weight is 275 g/mol. The molecule has 1 saturated heterocycles. The first-order valence-corrected chi connectivity index (χ1v) is 8.11. The van der Waals surface area contributed by atoms with Gasteiger partial charge in [0.05, 0.1) is 0 Å². The normalized spacial score (nSPS) is 16.9. The maximum absolute atomic E-state index is 4.30. The molecule has 1 aromatic heterocycles. The lowest BCUT2D eigenvalue weighted by molar-refractivity contribution is 0.311. The van der Waals surface area contributed by atoms with Crippen molar-refractivity contribution in [2.24, 2.45) is 11.8 Å². The van der Waals surface area contributed by atoms with Gasteiger partial charge in [0.15, 0.2) is 0 Å². The smallest absolute Gasteiger partial charge is 0.0442 e. The Hall–Kier alpha value is -1.09. The molecule has 0 aliphatic carbocycles. The molecule has 3 nitrogen and oxygen atoms in total. The summed E-state index contributed by atoms with van der Waals surface area (Å²) in [5, 5.41) is 3.49. The van der Waals surface area contributed by atoms with E-state index < -0.39 is 0 Å². The van der Waals surface area contributed by atoms with Crippen LogP contribution >= 0.6 is 0 Å². The standard InChI is InChI=1S/C17H29N3/c1-4-8-18-12-16-13-19-9-5-17(16)20-10-6-15(7-11-20)14(2)3/h5,9,13-15,18H,4,6-8,10-12H2,1-3H3. The van der Waals surface area contributed by atoms with E-state index in [-0.39, 0.29) is 0 Å². The molecule has 1 aliphatic rings. The highest BCUT2D eigenvalue weighted by Crippen LogP contribution is 2.29. The highest BCUT2D eigenvalue weighted by molar-refractivity contribution is 5.52. The first-order valence-electron chi connectivity index (χ1n) is 8.11. The fourth-order valence-corrected chi connectivity index (χ4v) is 3.07. The molecule has 3 heteroatoms. The molecule has 1 fully saturated rings. The highest BCUT2D eigenvalue weighted by atomic mass is 15.1. The number of hydrogen-bond donors (Lipinski definition) is 1. The molecule has 0 aromatic carbocycles. The van der Waals surface area contributed by atoms with Gasteiger partial charge in [0.25, 0.3) is 0 Å². The van der Waals surface area contributed by atoms with Gasteiger partial charge in [-0.05, 0) is 43.7 Å². The second-order valence-electron chi connectivity index (χ2n) is 6.25. The summed E-state index contributed by atoms with van der Waals surface area (Å²) >= 11 is 0. The Morgan fingerprint density at radius 2 is 2.10 bits per heavy atom. The number of nitrogens with zero attached hydrogens (tertiary/aromatic N) is 2. The van der Waals surface area contributed by atoms with Crippen LogP contribution in [0, 0.1) is 11.8 Å². The molecule has 0 saturated carbocycles. The van der Waals surface area contributed by atoms with Gasteiger partial charge in [-0.15, -0.1) is 0 Å². The zero-order chi connectivity index (χ0) is 14.4. The second-order valence-corrected chi connectivity index (χ2v) is 6.25. The van der Waals surface area contributed by atoms with Crippen LogP contribution in [0.25, 0.3) is 0 Å². The molecule has 0 unspecified atom stereocenters. The van der Waals surface area contributed by atoms with Gasteiger partial charge >= 0.3 is 0 Å². The van der Waals surface area contributed by atoms with Gasteiger partial charge in [-0.25, -0.2) is 0 Å². The molecule has 1 N–H and O–H groups in total. The molecule has 20 heavy (non-hydrogen) atoms. The lowest BCUT2D eigenvalue weighted by atomic mass is 9.86. The summed E-state index contributed by atoms with van der Waals surface area (Å²) in [5.41, 5.74) is 2.72. The van der Waals surface area contributed by atoms with Crippen LogP contribution in [-0.2, 0) is 6.54 Å². The Kier molecular flexibility index (Phi) is 5.84. The predicted octanol–water partition coefficient (Wildman–Crippen LogP) is 3.45. The van der Waals surface area contributed by atoms with Gasteiger partial charge in [-0.2, -0.15) is 0 Å². The van der Waals surface area contributed by atoms with Crippen LogP contribution in [0.4, 0.5) is 5.69 Å². The highest BCUT2D eigenvalue weighted by Gasteiger charge is 2.22. The molecule has 1 aliphatic heterocycles. The molecule has 1 aromatic rings. The number of anilines is 1. The van der Waals surface area contributed by atoms with Crippen LogP contribution < -0.4 is 10.2 Å². The maximum Gasteiger partial charge on any atom is 0.0442 e. The lowest BCUT2D eigenvalue weighted by Gasteiger charge is -2.36. The largest absolute Gasteiger partial charge is 0.371 e. The van der Waals surface area contributed by atoms with Crippen LogP contribution in [-0.4, -0.2) is 24.6 Å².